The lowest BCUT2D eigenvalue weighted by Crippen LogP contribution is -2.40. The number of fused-ring (bicyclic) bond motifs is 1. The SMILES string of the molecule is CC(C)NC(=O)N1Cc2nc(C(=O)NCCN3CCCC3)oc2C1. The van der Waals surface area contributed by atoms with Gasteiger partial charge in [-0.25, -0.2) is 9.78 Å². The molecule has 0 spiro atoms. The summed E-state index contributed by atoms with van der Waals surface area (Å²) in [4.78, 5) is 32.3. The van der Waals surface area contributed by atoms with Crippen LogP contribution in [0.2, 0.25) is 0 Å². The summed E-state index contributed by atoms with van der Waals surface area (Å²) in [5.41, 5.74) is 0.665. The van der Waals surface area contributed by atoms with Crippen molar-refractivity contribution in [2.75, 3.05) is 26.2 Å². The minimum absolute atomic E-state index is 0.0781. The third-order valence-electron chi connectivity index (χ3n) is 4.26. The van der Waals surface area contributed by atoms with Crippen molar-refractivity contribution < 1.29 is 14.0 Å². The fourth-order valence-corrected chi connectivity index (χ4v) is 3.03. The molecule has 0 radical (unpaired) electrons. The van der Waals surface area contributed by atoms with Crippen LogP contribution in [0.4, 0.5) is 4.79 Å². The highest BCUT2D eigenvalue weighted by Crippen LogP contribution is 2.23. The molecule has 0 saturated carbocycles. The molecule has 0 unspecified atom stereocenters. The molecule has 1 fully saturated rings. The summed E-state index contributed by atoms with van der Waals surface area (Å²) >= 11 is 0. The van der Waals surface area contributed by atoms with Gasteiger partial charge < -0.3 is 24.9 Å². The number of nitrogens with one attached hydrogen (secondary N) is 2. The van der Waals surface area contributed by atoms with Crippen molar-refractivity contribution in [3.05, 3.63) is 17.3 Å². The highest BCUT2D eigenvalue weighted by Gasteiger charge is 2.30. The van der Waals surface area contributed by atoms with Gasteiger partial charge in [-0.1, -0.05) is 0 Å². The number of hydrogen-bond acceptors (Lipinski definition) is 5. The van der Waals surface area contributed by atoms with Gasteiger partial charge in [0, 0.05) is 19.1 Å². The second-order valence-electron chi connectivity index (χ2n) is 6.65. The van der Waals surface area contributed by atoms with Gasteiger partial charge >= 0.3 is 11.9 Å². The van der Waals surface area contributed by atoms with Crippen LogP contribution >= 0.6 is 0 Å². The standard InChI is InChI=1S/C16H25N5O3/c1-11(2)18-16(23)21-9-12-13(10-21)24-15(19-12)14(22)17-5-8-20-6-3-4-7-20/h11H,3-10H2,1-2H3,(H,17,22)(H,18,23). The molecule has 8 heteroatoms. The van der Waals surface area contributed by atoms with Crippen molar-refractivity contribution in [3.8, 4) is 0 Å². The summed E-state index contributed by atoms with van der Waals surface area (Å²) in [6.45, 7) is 8.21. The Morgan fingerprint density at radius 1 is 1.25 bits per heavy atom. The van der Waals surface area contributed by atoms with E-state index in [4.69, 9.17) is 4.42 Å². The van der Waals surface area contributed by atoms with Gasteiger partial charge in [0.2, 0.25) is 0 Å². The van der Waals surface area contributed by atoms with Crippen LogP contribution in [0.25, 0.3) is 0 Å². The van der Waals surface area contributed by atoms with Crippen molar-refractivity contribution in [1.29, 1.82) is 0 Å². The zero-order valence-electron chi connectivity index (χ0n) is 14.3. The second kappa shape index (κ2) is 7.21. The van der Waals surface area contributed by atoms with E-state index in [1.807, 2.05) is 13.8 Å². The van der Waals surface area contributed by atoms with Crippen LogP contribution in [-0.2, 0) is 13.1 Å². The molecule has 0 aliphatic carbocycles. The van der Waals surface area contributed by atoms with Crippen molar-refractivity contribution in [2.24, 2.45) is 0 Å². The number of hydrogen-bond donors (Lipinski definition) is 2. The summed E-state index contributed by atoms with van der Waals surface area (Å²) in [7, 11) is 0. The van der Waals surface area contributed by atoms with E-state index < -0.39 is 0 Å². The van der Waals surface area contributed by atoms with Crippen LogP contribution in [0.1, 0.15) is 48.8 Å². The fraction of sp³-hybridized carbons (Fsp3) is 0.688. The number of nitrogens with zero attached hydrogens (tertiary/aromatic N) is 3. The maximum Gasteiger partial charge on any atom is 0.318 e. The second-order valence-corrected chi connectivity index (χ2v) is 6.65. The summed E-state index contributed by atoms with van der Waals surface area (Å²) in [6.07, 6.45) is 2.47. The van der Waals surface area contributed by atoms with E-state index in [0.717, 1.165) is 19.6 Å². The van der Waals surface area contributed by atoms with Gasteiger partial charge in [-0.3, -0.25) is 4.79 Å². The van der Waals surface area contributed by atoms with Crippen LogP contribution in [0.15, 0.2) is 4.42 Å². The van der Waals surface area contributed by atoms with Crippen LogP contribution in [0, 0.1) is 0 Å². The molecular weight excluding hydrogens is 310 g/mol. The fourth-order valence-electron chi connectivity index (χ4n) is 3.03. The molecule has 132 valence electrons. The van der Waals surface area contributed by atoms with Gasteiger partial charge in [0.05, 0.1) is 13.1 Å². The molecule has 3 rings (SSSR count). The number of amides is 3. The number of urea groups is 1. The summed E-state index contributed by atoms with van der Waals surface area (Å²) in [5, 5.41) is 5.68. The van der Waals surface area contributed by atoms with Crippen LogP contribution in [-0.4, -0.2) is 58.9 Å². The average molecular weight is 335 g/mol. The van der Waals surface area contributed by atoms with E-state index in [1.54, 1.807) is 4.90 Å². The van der Waals surface area contributed by atoms with E-state index in [9.17, 15) is 9.59 Å². The minimum Gasteiger partial charge on any atom is -0.435 e. The molecule has 3 heterocycles. The Balaban J connectivity index is 1.48. The molecule has 0 bridgehead atoms. The predicted molar refractivity (Wildman–Crippen MR) is 87.4 cm³/mol. The highest BCUT2D eigenvalue weighted by atomic mass is 16.4. The van der Waals surface area contributed by atoms with Crippen LogP contribution < -0.4 is 10.6 Å². The normalized spacial score (nSPS) is 17.4. The Hall–Kier alpha value is -2.09. The van der Waals surface area contributed by atoms with Gasteiger partial charge in [0.15, 0.2) is 0 Å². The molecule has 0 atom stereocenters. The molecule has 8 nitrogen and oxygen atoms in total. The Bertz CT molecular complexity index is 583. The van der Waals surface area contributed by atoms with Crippen molar-refractivity contribution in [2.45, 2.75) is 45.8 Å². The lowest BCUT2D eigenvalue weighted by Gasteiger charge is -2.17. The smallest absolute Gasteiger partial charge is 0.318 e. The monoisotopic (exact) mass is 335 g/mol. The number of aromatic nitrogens is 1. The van der Waals surface area contributed by atoms with Crippen LogP contribution in [0.3, 0.4) is 0 Å². The van der Waals surface area contributed by atoms with E-state index in [1.165, 1.54) is 12.8 Å². The van der Waals surface area contributed by atoms with Crippen molar-refractivity contribution in [3.63, 3.8) is 0 Å². The highest BCUT2D eigenvalue weighted by molar-refractivity contribution is 5.89. The largest absolute Gasteiger partial charge is 0.435 e. The zero-order valence-corrected chi connectivity index (χ0v) is 14.3. The van der Waals surface area contributed by atoms with E-state index in [-0.39, 0.29) is 23.9 Å². The van der Waals surface area contributed by atoms with Gasteiger partial charge in [-0.15, -0.1) is 0 Å². The van der Waals surface area contributed by atoms with Crippen LogP contribution in [0.5, 0.6) is 0 Å². The quantitative estimate of drug-likeness (QED) is 0.835. The molecule has 24 heavy (non-hydrogen) atoms. The van der Waals surface area contributed by atoms with Gasteiger partial charge in [0.25, 0.3) is 5.89 Å². The summed E-state index contributed by atoms with van der Waals surface area (Å²) in [5.74, 6) is 0.394. The maximum atomic E-state index is 12.1. The van der Waals surface area contributed by atoms with E-state index in [0.29, 0.717) is 31.1 Å². The van der Waals surface area contributed by atoms with E-state index in [2.05, 4.69) is 20.5 Å². The molecule has 0 aromatic carbocycles. The van der Waals surface area contributed by atoms with Gasteiger partial charge in [-0.2, -0.15) is 0 Å². The lowest BCUT2D eigenvalue weighted by molar-refractivity contribution is 0.0911. The molecule has 1 aromatic rings. The number of likely N-dealkylation sites (tertiary alicyclic amines) is 1. The van der Waals surface area contributed by atoms with Gasteiger partial charge in [-0.05, 0) is 39.8 Å². The third kappa shape index (κ3) is 3.87. The Morgan fingerprint density at radius 3 is 2.67 bits per heavy atom. The first-order valence-electron chi connectivity index (χ1n) is 8.57. The topological polar surface area (TPSA) is 90.7 Å². The number of carbonyl (C=O) groups excluding carboxylic acids is 2. The molecule has 1 saturated heterocycles. The summed E-state index contributed by atoms with van der Waals surface area (Å²) in [6, 6.07) is -0.0656. The first kappa shape index (κ1) is 16.8. The molecule has 2 aliphatic heterocycles. The number of oxazole rings is 1. The molecule has 2 aliphatic rings. The first-order valence-corrected chi connectivity index (χ1v) is 8.57. The Kier molecular flexibility index (Phi) is 5.03. The maximum absolute atomic E-state index is 12.1. The van der Waals surface area contributed by atoms with Crippen molar-refractivity contribution in [1.82, 2.24) is 25.4 Å². The number of carbonyl (C=O) groups is 2. The number of rotatable bonds is 5. The molecule has 3 amide bonds. The molecular formula is C16H25N5O3. The van der Waals surface area contributed by atoms with Crippen molar-refractivity contribution >= 4 is 11.9 Å². The predicted octanol–water partition coefficient (Wildman–Crippen LogP) is 0.934. The Morgan fingerprint density at radius 2 is 2.00 bits per heavy atom. The third-order valence-corrected chi connectivity index (χ3v) is 4.26. The Labute approximate surface area is 141 Å². The zero-order chi connectivity index (χ0) is 17.1. The minimum atomic E-state index is -0.290. The molecule has 1 aromatic heterocycles. The summed E-state index contributed by atoms with van der Waals surface area (Å²) < 4.78 is 5.54. The lowest BCUT2D eigenvalue weighted by atomic mass is 10.4. The van der Waals surface area contributed by atoms with Gasteiger partial charge in [0.1, 0.15) is 11.5 Å². The van der Waals surface area contributed by atoms with E-state index >= 15 is 0 Å². The molecule has 2 N–H and O–H groups in total. The first-order chi connectivity index (χ1) is 11.5. The average Bonchev–Trinajstić information content (AvgIpc) is 3.21.